The summed E-state index contributed by atoms with van der Waals surface area (Å²) < 4.78 is 11.2. The van der Waals surface area contributed by atoms with Crippen molar-refractivity contribution in [3.8, 4) is 11.5 Å². The van der Waals surface area contributed by atoms with Gasteiger partial charge in [-0.05, 0) is 67.6 Å². The number of phenolic OH excluding ortho intramolecular Hbond substituents is 1. The first-order valence-corrected chi connectivity index (χ1v) is 8.40. The zero-order valence-corrected chi connectivity index (χ0v) is 15.0. The van der Waals surface area contributed by atoms with Gasteiger partial charge in [-0.15, -0.1) is 0 Å². The second-order valence-electron chi connectivity index (χ2n) is 6.04. The second kappa shape index (κ2) is 8.22. The largest absolute Gasteiger partial charge is 0.508 e. The first-order valence-electron chi connectivity index (χ1n) is 8.40. The number of phenols is 1. The molecule has 0 saturated carbocycles. The third-order valence-electron chi connectivity index (χ3n) is 3.98. The number of nitro benzene ring substituents is 1. The number of nitro groups is 1. The van der Waals surface area contributed by atoms with Crippen molar-refractivity contribution in [1.82, 2.24) is 0 Å². The molecule has 0 fully saturated rings. The van der Waals surface area contributed by atoms with Crippen molar-refractivity contribution < 1.29 is 24.0 Å². The zero-order chi connectivity index (χ0) is 20.1. The number of hydrogen-bond acceptors (Lipinski definition) is 6. The Morgan fingerprint density at radius 3 is 2.61 bits per heavy atom. The van der Waals surface area contributed by atoms with Crippen LogP contribution in [0.1, 0.15) is 27.4 Å². The third kappa shape index (κ3) is 4.64. The molecular formula is C21H17NO6. The van der Waals surface area contributed by atoms with Gasteiger partial charge in [0.1, 0.15) is 29.6 Å². The van der Waals surface area contributed by atoms with Crippen LogP contribution in [-0.4, -0.2) is 15.8 Å². The van der Waals surface area contributed by atoms with E-state index in [1.54, 1.807) is 31.2 Å². The van der Waals surface area contributed by atoms with Gasteiger partial charge in [-0.3, -0.25) is 14.9 Å². The molecule has 3 rings (SSSR count). The molecule has 1 N–H and O–H groups in total. The minimum atomic E-state index is -0.441. The fourth-order valence-corrected chi connectivity index (χ4v) is 2.52. The summed E-state index contributed by atoms with van der Waals surface area (Å²) in [6, 6.07) is 13.9. The summed E-state index contributed by atoms with van der Waals surface area (Å²) in [5, 5.41) is 20.1. The molecule has 0 aliphatic rings. The topological polar surface area (TPSA) is 103 Å². The average Bonchev–Trinajstić information content (AvgIpc) is 3.12. The van der Waals surface area contributed by atoms with Crippen LogP contribution in [0.25, 0.3) is 6.08 Å². The first kappa shape index (κ1) is 18.9. The number of rotatable bonds is 7. The number of carbonyl (C=O) groups excluding carboxylic acids is 1. The van der Waals surface area contributed by atoms with Gasteiger partial charge in [-0.25, -0.2) is 0 Å². The minimum absolute atomic E-state index is 0.0380. The van der Waals surface area contributed by atoms with Crippen LogP contribution in [0.15, 0.2) is 65.1 Å². The molecule has 0 bridgehead atoms. The average molecular weight is 379 g/mol. The van der Waals surface area contributed by atoms with Crippen molar-refractivity contribution in [2.24, 2.45) is 0 Å². The molecule has 7 heteroatoms. The van der Waals surface area contributed by atoms with Crippen molar-refractivity contribution in [2.45, 2.75) is 13.5 Å². The van der Waals surface area contributed by atoms with Gasteiger partial charge in [0.05, 0.1) is 4.92 Å². The fraction of sp³-hybridized carbons (Fsp3) is 0.0952. The van der Waals surface area contributed by atoms with E-state index < -0.39 is 4.92 Å². The molecule has 28 heavy (non-hydrogen) atoms. The number of benzene rings is 2. The molecule has 0 aliphatic heterocycles. The standard InChI is InChI=1S/C21H17NO6/c1-14-12-18(8-10-20(14)22(25)26)27-13-19-7-6-17(28-19)9-11-21(24)15-2-4-16(23)5-3-15/h2-12,23H,13H2,1H3/b11-9+. The van der Waals surface area contributed by atoms with Crippen LogP contribution < -0.4 is 4.74 Å². The molecule has 0 aliphatic carbocycles. The number of ketones is 1. The number of carbonyl (C=O) groups is 1. The Bertz CT molecular complexity index is 1030. The number of furan rings is 1. The molecule has 1 aromatic heterocycles. The van der Waals surface area contributed by atoms with Crippen LogP contribution in [0.2, 0.25) is 0 Å². The number of aryl methyl sites for hydroxylation is 1. The van der Waals surface area contributed by atoms with E-state index in [0.717, 1.165) is 0 Å². The lowest BCUT2D eigenvalue weighted by atomic mass is 10.1. The van der Waals surface area contributed by atoms with Crippen molar-refractivity contribution in [2.75, 3.05) is 0 Å². The van der Waals surface area contributed by atoms with Crippen LogP contribution in [0.4, 0.5) is 5.69 Å². The highest BCUT2D eigenvalue weighted by Gasteiger charge is 2.11. The van der Waals surface area contributed by atoms with Gasteiger partial charge in [0.2, 0.25) is 0 Å². The van der Waals surface area contributed by atoms with Gasteiger partial charge in [0.25, 0.3) is 5.69 Å². The monoisotopic (exact) mass is 379 g/mol. The van der Waals surface area contributed by atoms with Gasteiger partial charge in [0, 0.05) is 17.2 Å². The van der Waals surface area contributed by atoms with Gasteiger partial charge >= 0.3 is 0 Å². The summed E-state index contributed by atoms with van der Waals surface area (Å²) >= 11 is 0. The van der Waals surface area contributed by atoms with E-state index in [4.69, 9.17) is 9.15 Å². The molecular weight excluding hydrogens is 362 g/mol. The summed E-state index contributed by atoms with van der Waals surface area (Å²) in [6.45, 7) is 1.79. The Kier molecular flexibility index (Phi) is 5.55. The predicted molar refractivity (Wildman–Crippen MR) is 102 cm³/mol. The Balaban J connectivity index is 1.59. The number of nitrogens with zero attached hydrogens (tertiary/aromatic N) is 1. The lowest BCUT2D eigenvalue weighted by molar-refractivity contribution is -0.385. The SMILES string of the molecule is Cc1cc(OCc2ccc(/C=C/C(=O)c3ccc(O)cc3)o2)ccc1[N+](=O)[O-]. The fourth-order valence-electron chi connectivity index (χ4n) is 2.52. The molecule has 0 spiro atoms. The molecule has 7 nitrogen and oxygen atoms in total. The van der Waals surface area contributed by atoms with Gasteiger partial charge in [-0.2, -0.15) is 0 Å². The summed E-state index contributed by atoms with van der Waals surface area (Å²) in [5.74, 6) is 1.42. The maximum absolute atomic E-state index is 12.1. The Morgan fingerprint density at radius 2 is 1.93 bits per heavy atom. The lowest BCUT2D eigenvalue weighted by Gasteiger charge is -2.05. The van der Waals surface area contributed by atoms with Gasteiger partial charge < -0.3 is 14.3 Å². The molecule has 0 saturated heterocycles. The Hall–Kier alpha value is -3.87. The van der Waals surface area contributed by atoms with Crippen LogP contribution in [0.3, 0.4) is 0 Å². The van der Waals surface area contributed by atoms with E-state index in [0.29, 0.717) is 28.4 Å². The van der Waals surface area contributed by atoms with E-state index in [-0.39, 0.29) is 23.8 Å². The number of allylic oxidation sites excluding steroid dienone is 1. The van der Waals surface area contributed by atoms with Crippen molar-refractivity contribution >= 4 is 17.5 Å². The molecule has 3 aromatic rings. The maximum Gasteiger partial charge on any atom is 0.272 e. The molecule has 1 heterocycles. The molecule has 0 atom stereocenters. The Morgan fingerprint density at radius 1 is 1.18 bits per heavy atom. The molecule has 0 amide bonds. The Labute approximate surface area is 160 Å². The van der Waals surface area contributed by atoms with E-state index >= 15 is 0 Å². The highest BCUT2D eigenvalue weighted by Crippen LogP contribution is 2.24. The highest BCUT2D eigenvalue weighted by molar-refractivity contribution is 6.06. The van der Waals surface area contributed by atoms with Crippen LogP contribution in [-0.2, 0) is 6.61 Å². The summed E-state index contributed by atoms with van der Waals surface area (Å²) in [4.78, 5) is 22.5. The molecule has 0 unspecified atom stereocenters. The van der Waals surface area contributed by atoms with Gasteiger partial charge in [-0.1, -0.05) is 0 Å². The van der Waals surface area contributed by atoms with Crippen LogP contribution >= 0.6 is 0 Å². The zero-order valence-electron chi connectivity index (χ0n) is 15.0. The van der Waals surface area contributed by atoms with E-state index in [1.165, 1.54) is 42.5 Å². The quantitative estimate of drug-likeness (QED) is 0.277. The molecule has 2 aromatic carbocycles. The van der Waals surface area contributed by atoms with Gasteiger partial charge in [0.15, 0.2) is 5.78 Å². The third-order valence-corrected chi connectivity index (χ3v) is 3.98. The van der Waals surface area contributed by atoms with E-state index in [1.807, 2.05) is 0 Å². The number of ether oxygens (including phenoxy) is 1. The maximum atomic E-state index is 12.1. The number of hydrogen-bond donors (Lipinski definition) is 1. The van der Waals surface area contributed by atoms with Crippen molar-refractivity contribution in [3.05, 3.63) is 93.4 Å². The smallest absolute Gasteiger partial charge is 0.272 e. The molecule has 0 radical (unpaired) electrons. The first-order chi connectivity index (χ1) is 13.4. The normalized spacial score (nSPS) is 10.9. The van der Waals surface area contributed by atoms with Crippen LogP contribution in [0.5, 0.6) is 11.5 Å². The summed E-state index contributed by atoms with van der Waals surface area (Å²) in [6.07, 6.45) is 2.93. The summed E-state index contributed by atoms with van der Waals surface area (Å²) in [7, 11) is 0. The van der Waals surface area contributed by atoms with E-state index in [9.17, 15) is 20.0 Å². The van der Waals surface area contributed by atoms with Crippen molar-refractivity contribution in [3.63, 3.8) is 0 Å². The predicted octanol–water partition coefficient (Wildman–Crippen LogP) is 4.68. The van der Waals surface area contributed by atoms with Crippen molar-refractivity contribution in [1.29, 1.82) is 0 Å². The van der Waals surface area contributed by atoms with Crippen LogP contribution in [0, 0.1) is 17.0 Å². The van der Waals surface area contributed by atoms with E-state index in [2.05, 4.69) is 0 Å². The second-order valence-corrected chi connectivity index (χ2v) is 6.04. The highest BCUT2D eigenvalue weighted by atomic mass is 16.6. The number of aromatic hydroxyl groups is 1. The molecule has 142 valence electrons. The lowest BCUT2D eigenvalue weighted by Crippen LogP contribution is -1.96. The minimum Gasteiger partial charge on any atom is -0.508 e. The summed E-state index contributed by atoms with van der Waals surface area (Å²) in [5.41, 5.74) is 1.01.